The van der Waals surface area contributed by atoms with Crippen molar-refractivity contribution < 1.29 is 4.74 Å². The number of hydrogen-bond acceptors (Lipinski definition) is 4. The van der Waals surface area contributed by atoms with Crippen molar-refractivity contribution in [2.45, 2.75) is 26.2 Å². The van der Waals surface area contributed by atoms with Crippen molar-refractivity contribution in [1.82, 2.24) is 4.98 Å². The molecule has 0 aromatic carbocycles. The highest BCUT2D eigenvalue weighted by Crippen LogP contribution is 2.34. The minimum Gasteiger partial charge on any atom is -0.381 e. The zero-order valence-electron chi connectivity index (χ0n) is 8.82. The maximum atomic E-state index is 9.28. The molecule has 1 aliphatic rings. The van der Waals surface area contributed by atoms with E-state index in [0.29, 0.717) is 13.2 Å². The van der Waals surface area contributed by atoms with Gasteiger partial charge in [-0.3, -0.25) is 0 Å². The summed E-state index contributed by atoms with van der Waals surface area (Å²) in [5.41, 5.74) is 0.817. The highest BCUT2D eigenvalue weighted by atomic mass is 32.1. The second-order valence-electron chi connectivity index (χ2n) is 4.06. The number of hydrogen-bond donors (Lipinski definition) is 0. The summed E-state index contributed by atoms with van der Waals surface area (Å²) in [5, 5.41) is 12.4. The molecule has 0 atom stereocenters. The Morgan fingerprint density at radius 1 is 1.60 bits per heavy atom. The van der Waals surface area contributed by atoms with E-state index in [-0.39, 0.29) is 5.41 Å². The quantitative estimate of drug-likeness (QED) is 0.771. The van der Waals surface area contributed by atoms with Gasteiger partial charge in [-0.25, -0.2) is 4.98 Å². The van der Waals surface area contributed by atoms with Crippen LogP contribution in [0.2, 0.25) is 0 Å². The van der Waals surface area contributed by atoms with E-state index >= 15 is 0 Å². The van der Waals surface area contributed by atoms with Gasteiger partial charge in [-0.05, 0) is 19.8 Å². The Kier molecular flexibility index (Phi) is 3.03. The molecular weight excluding hydrogens is 208 g/mol. The van der Waals surface area contributed by atoms with E-state index in [2.05, 4.69) is 11.1 Å². The molecule has 0 amide bonds. The van der Waals surface area contributed by atoms with Crippen LogP contribution in [-0.2, 0) is 11.2 Å². The van der Waals surface area contributed by atoms with E-state index in [1.807, 2.05) is 12.3 Å². The van der Waals surface area contributed by atoms with E-state index < -0.39 is 0 Å². The fourth-order valence-corrected chi connectivity index (χ4v) is 2.78. The lowest BCUT2D eigenvalue weighted by Gasteiger charge is -2.29. The molecule has 4 heteroatoms. The molecule has 1 aromatic rings. The summed E-state index contributed by atoms with van der Waals surface area (Å²) < 4.78 is 5.30. The highest BCUT2D eigenvalue weighted by Gasteiger charge is 2.33. The van der Waals surface area contributed by atoms with Crippen molar-refractivity contribution in [3.8, 4) is 6.07 Å². The average molecular weight is 222 g/mol. The monoisotopic (exact) mass is 222 g/mol. The first-order valence-electron chi connectivity index (χ1n) is 5.14. The molecule has 3 nitrogen and oxygen atoms in total. The number of aromatic nitrogens is 1. The Bertz CT molecular complexity index is 374. The van der Waals surface area contributed by atoms with Gasteiger partial charge in [-0.2, -0.15) is 5.26 Å². The molecule has 1 aromatic heterocycles. The van der Waals surface area contributed by atoms with Gasteiger partial charge in [-0.15, -0.1) is 11.3 Å². The van der Waals surface area contributed by atoms with E-state index in [0.717, 1.165) is 30.0 Å². The summed E-state index contributed by atoms with van der Waals surface area (Å²) in [6, 6.07) is 2.46. The first kappa shape index (κ1) is 10.6. The SMILES string of the molecule is Cc1csc(CC2(C#N)CCOCC2)n1. The van der Waals surface area contributed by atoms with Gasteiger partial charge in [0.25, 0.3) is 0 Å². The van der Waals surface area contributed by atoms with Crippen LogP contribution in [0.1, 0.15) is 23.5 Å². The minimum absolute atomic E-state index is 0.234. The van der Waals surface area contributed by atoms with E-state index in [4.69, 9.17) is 4.74 Å². The van der Waals surface area contributed by atoms with Crippen LogP contribution in [0.5, 0.6) is 0 Å². The normalized spacial score (nSPS) is 19.7. The summed E-state index contributed by atoms with van der Waals surface area (Å²) in [5.74, 6) is 0. The van der Waals surface area contributed by atoms with Crippen molar-refractivity contribution >= 4 is 11.3 Å². The summed E-state index contributed by atoms with van der Waals surface area (Å²) in [7, 11) is 0. The molecule has 0 bridgehead atoms. The zero-order valence-corrected chi connectivity index (χ0v) is 9.64. The molecular formula is C11H14N2OS. The van der Waals surface area contributed by atoms with Crippen molar-refractivity contribution in [1.29, 1.82) is 5.26 Å². The molecule has 0 saturated carbocycles. The van der Waals surface area contributed by atoms with Crippen molar-refractivity contribution in [2.24, 2.45) is 5.41 Å². The number of aryl methyl sites for hydroxylation is 1. The lowest BCUT2D eigenvalue weighted by atomic mass is 9.79. The minimum atomic E-state index is -0.234. The zero-order chi connectivity index (χ0) is 10.7. The lowest BCUT2D eigenvalue weighted by Crippen LogP contribution is -2.30. The standard InChI is InChI=1S/C11H14N2OS/c1-9-7-15-10(13-9)6-11(8-12)2-4-14-5-3-11/h7H,2-6H2,1H3. The van der Waals surface area contributed by atoms with Crippen LogP contribution in [0.25, 0.3) is 0 Å². The molecule has 80 valence electrons. The number of nitriles is 1. The summed E-state index contributed by atoms with van der Waals surface area (Å²) >= 11 is 1.65. The average Bonchev–Trinajstić information content (AvgIpc) is 2.65. The predicted molar refractivity (Wildman–Crippen MR) is 58.7 cm³/mol. The number of ether oxygens (including phenoxy) is 1. The van der Waals surface area contributed by atoms with Crippen LogP contribution < -0.4 is 0 Å². The van der Waals surface area contributed by atoms with Gasteiger partial charge >= 0.3 is 0 Å². The maximum Gasteiger partial charge on any atom is 0.0944 e. The molecule has 0 unspecified atom stereocenters. The third kappa shape index (κ3) is 2.36. The lowest BCUT2D eigenvalue weighted by molar-refractivity contribution is 0.0406. The van der Waals surface area contributed by atoms with Gasteiger partial charge < -0.3 is 4.74 Å². The fraction of sp³-hybridized carbons (Fsp3) is 0.636. The van der Waals surface area contributed by atoms with Gasteiger partial charge in [0.05, 0.1) is 16.5 Å². The number of thiazole rings is 1. The van der Waals surface area contributed by atoms with Gasteiger partial charge in [0.2, 0.25) is 0 Å². The summed E-state index contributed by atoms with van der Waals surface area (Å²) in [6.45, 7) is 3.40. The molecule has 2 rings (SSSR count). The second-order valence-corrected chi connectivity index (χ2v) is 5.01. The van der Waals surface area contributed by atoms with Crippen molar-refractivity contribution in [3.63, 3.8) is 0 Å². The van der Waals surface area contributed by atoms with Crippen LogP contribution in [-0.4, -0.2) is 18.2 Å². The predicted octanol–water partition coefficient (Wildman–Crippen LogP) is 2.31. The molecule has 0 spiro atoms. The van der Waals surface area contributed by atoms with Crippen LogP contribution in [0.4, 0.5) is 0 Å². The Balaban J connectivity index is 2.11. The molecule has 15 heavy (non-hydrogen) atoms. The maximum absolute atomic E-state index is 9.28. The van der Waals surface area contributed by atoms with E-state index in [1.54, 1.807) is 11.3 Å². The number of nitrogens with zero attached hydrogens (tertiary/aromatic N) is 2. The Labute approximate surface area is 93.7 Å². The second kappa shape index (κ2) is 4.30. The highest BCUT2D eigenvalue weighted by molar-refractivity contribution is 7.09. The Morgan fingerprint density at radius 3 is 2.87 bits per heavy atom. The first-order chi connectivity index (χ1) is 7.24. The molecule has 1 saturated heterocycles. The van der Waals surface area contributed by atoms with E-state index in [9.17, 15) is 5.26 Å². The Morgan fingerprint density at radius 2 is 2.33 bits per heavy atom. The smallest absolute Gasteiger partial charge is 0.0944 e. The molecule has 2 heterocycles. The van der Waals surface area contributed by atoms with Crippen LogP contribution in [0.15, 0.2) is 5.38 Å². The third-order valence-electron chi connectivity index (χ3n) is 2.84. The molecule has 1 aliphatic heterocycles. The molecule has 0 radical (unpaired) electrons. The molecule has 0 N–H and O–H groups in total. The van der Waals surface area contributed by atoms with Gasteiger partial charge in [-0.1, -0.05) is 0 Å². The van der Waals surface area contributed by atoms with Gasteiger partial charge in [0.15, 0.2) is 0 Å². The first-order valence-corrected chi connectivity index (χ1v) is 6.02. The van der Waals surface area contributed by atoms with Crippen molar-refractivity contribution in [2.75, 3.05) is 13.2 Å². The van der Waals surface area contributed by atoms with E-state index in [1.165, 1.54) is 0 Å². The Hall–Kier alpha value is -0.920. The fourth-order valence-electron chi connectivity index (χ4n) is 1.86. The van der Waals surface area contributed by atoms with Crippen LogP contribution in [0, 0.1) is 23.7 Å². The van der Waals surface area contributed by atoms with Crippen molar-refractivity contribution in [3.05, 3.63) is 16.1 Å². The third-order valence-corrected chi connectivity index (χ3v) is 3.81. The van der Waals surface area contributed by atoms with Gasteiger partial charge in [0.1, 0.15) is 0 Å². The van der Waals surface area contributed by atoms with Crippen LogP contribution >= 0.6 is 11.3 Å². The van der Waals surface area contributed by atoms with Gasteiger partial charge in [0, 0.05) is 30.7 Å². The molecule has 0 aliphatic carbocycles. The molecule has 1 fully saturated rings. The topological polar surface area (TPSA) is 45.9 Å². The summed E-state index contributed by atoms with van der Waals surface area (Å²) in [6.07, 6.45) is 2.45. The largest absolute Gasteiger partial charge is 0.381 e. The number of rotatable bonds is 2. The summed E-state index contributed by atoms with van der Waals surface area (Å²) in [4.78, 5) is 4.42. The van der Waals surface area contributed by atoms with Crippen LogP contribution in [0.3, 0.4) is 0 Å².